The van der Waals surface area contributed by atoms with Crippen molar-refractivity contribution < 1.29 is 28.6 Å². The van der Waals surface area contributed by atoms with Crippen LogP contribution >= 0.6 is 0 Å². The van der Waals surface area contributed by atoms with E-state index in [1.165, 1.54) is 193 Å². The Labute approximate surface area is 460 Å². The summed E-state index contributed by atoms with van der Waals surface area (Å²) in [5, 5.41) is 0. The molecule has 0 aromatic carbocycles. The highest BCUT2D eigenvalue weighted by Crippen LogP contribution is 2.17. The van der Waals surface area contributed by atoms with Gasteiger partial charge in [0.2, 0.25) is 0 Å². The Kier molecular flexibility index (Phi) is 60.2. The van der Waals surface area contributed by atoms with E-state index in [1.807, 2.05) is 0 Å². The SMILES string of the molecule is CC/C=C\C/C=C\C/C=C\CCCCCCCC(=O)OCC(COC(=O)CCCCCCCCCCCCCCCCCCCCCCCC)OC(=O)CCCCCCCCCCC/C=C\C/C=C\CCCCC. The molecule has 430 valence electrons. The Morgan fingerprint density at radius 1 is 0.284 bits per heavy atom. The van der Waals surface area contributed by atoms with Crippen LogP contribution in [0.1, 0.15) is 335 Å². The second-order valence-electron chi connectivity index (χ2n) is 21.6. The molecular weight excluding hydrogens is 913 g/mol. The first-order valence-corrected chi connectivity index (χ1v) is 32.3. The van der Waals surface area contributed by atoms with Crippen LogP contribution in [0, 0.1) is 0 Å². The zero-order chi connectivity index (χ0) is 53.6. The molecule has 0 spiro atoms. The molecule has 0 aliphatic rings. The molecule has 6 heteroatoms. The van der Waals surface area contributed by atoms with E-state index in [0.717, 1.165) is 103 Å². The van der Waals surface area contributed by atoms with Crippen LogP contribution in [0.5, 0.6) is 0 Å². The summed E-state index contributed by atoms with van der Waals surface area (Å²) in [6.07, 6.45) is 79.4. The zero-order valence-corrected chi connectivity index (χ0v) is 49.4. The first-order valence-electron chi connectivity index (χ1n) is 32.3. The van der Waals surface area contributed by atoms with Crippen molar-refractivity contribution >= 4 is 17.9 Å². The fourth-order valence-electron chi connectivity index (χ4n) is 9.43. The van der Waals surface area contributed by atoms with Crippen LogP contribution in [0.3, 0.4) is 0 Å². The molecule has 0 fully saturated rings. The number of unbranched alkanes of at least 4 members (excludes halogenated alkanes) is 38. The van der Waals surface area contributed by atoms with E-state index in [-0.39, 0.29) is 31.1 Å². The van der Waals surface area contributed by atoms with Crippen molar-refractivity contribution in [3.8, 4) is 0 Å². The molecule has 0 rings (SSSR count). The van der Waals surface area contributed by atoms with Crippen molar-refractivity contribution in [1.29, 1.82) is 0 Å². The van der Waals surface area contributed by atoms with Crippen LogP contribution in [0.25, 0.3) is 0 Å². The summed E-state index contributed by atoms with van der Waals surface area (Å²) >= 11 is 0. The van der Waals surface area contributed by atoms with Gasteiger partial charge in [0, 0.05) is 19.3 Å². The number of esters is 3. The molecule has 0 radical (unpaired) electrons. The van der Waals surface area contributed by atoms with Crippen LogP contribution in [0.2, 0.25) is 0 Å². The molecule has 74 heavy (non-hydrogen) atoms. The lowest BCUT2D eigenvalue weighted by molar-refractivity contribution is -0.167. The van der Waals surface area contributed by atoms with Crippen molar-refractivity contribution in [2.45, 2.75) is 341 Å². The number of hydrogen-bond donors (Lipinski definition) is 0. The van der Waals surface area contributed by atoms with Crippen molar-refractivity contribution in [3.05, 3.63) is 60.8 Å². The summed E-state index contributed by atoms with van der Waals surface area (Å²) in [5.74, 6) is -0.881. The normalized spacial score (nSPS) is 12.4. The number of carbonyl (C=O) groups excluding carboxylic acids is 3. The summed E-state index contributed by atoms with van der Waals surface area (Å²) in [6, 6.07) is 0. The predicted molar refractivity (Wildman–Crippen MR) is 321 cm³/mol. The molecule has 0 aromatic rings. The zero-order valence-electron chi connectivity index (χ0n) is 49.4. The van der Waals surface area contributed by atoms with Gasteiger partial charge in [-0.1, -0.05) is 293 Å². The Hall–Kier alpha value is -2.89. The lowest BCUT2D eigenvalue weighted by Crippen LogP contribution is -2.30. The molecular formula is C68H122O6. The summed E-state index contributed by atoms with van der Waals surface area (Å²) in [6.45, 7) is 6.54. The van der Waals surface area contributed by atoms with E-state index in [2.05, 4.69) is 81.5 Å². The molecule has 0 saturated carbocycles. The highest BCUT2D eigenvalue weighted by atomic mass is 16.6. The Morgan fingerprint density at radius 2 is 0.527 bits per heavy atom. The molecule has 0 N–H and O–H groups in total. The lowest BCUT2D eigenvalue weighted by atomic mass is 10.0. The molecule has 0 heterocycles. The largest absolute Gasteiger partial charge is 0.462 e. The Balaban J connectivity index is 4.33. The van der Waals surface area contributed by atoms with Crippen LogP contribution in [0.4, 0.5) is 0 Å². The summed E-state index contributed by atoms with van der Waals surface area (Å²) in [5.41, 5.74) is 0. The van der Waals surface area contributed by atoms with E-state index in [0.29, 0.717) is 19.3 Å². The molecule has 0 bridgehead atoms. The van der Waals surface area contributed by atoms with E-state index < -0.39 is 6.10 Å². The van der Waals surface area contributed by atoms with Gasteiger partial charge in [0.25, 0.3) is 0 Å². The fraction of sp³-hybridized carbons (Fsp3) is 0.809. The van der Waals surface area contributed by atoms with Crippen molar-refractivity contribution in [3.63, 3.8) is 0 Å². The van der Waals surface area contributed by atoms with Crippen molar-refractivity contribution in [2.24, 2.45) is 0 Å². The van der Waals surface area contributed by atoms with Crippen LogP contribution < -0.4 is 0 Å². The minimum Gasteiger partial charge on any atom is -0.462 e. The highest BCUT2D eigenvalue weighted by molar-refractivity contribution is 5.71. The lowest BCUT2D eigenvalue weighted by Gasteiger charge is -2.18. The van der Waals surface area contributed by atoms with Gasteiger partial charge in [-0.25, -0.2) is 0 Å². The monoisotopic (exact) mass is 1030 g/mol. The molecule has 0 aromatic heterocycles. The first kappa shape index (κ1) is 71.1. The van der Waals surface area contributed by atoms with Gasteiger partial charge in [-0.05, 0) is 83.5 Å². The molecule has 0 amide bonds. The van der Waals surface area contributed by atoms with Gasteiger partial charge < -0.3 is 14.2 Å². The third-order valence-electron chi connectivity index (χ3n) is 14.3. The number of rotatable bonds is 59. The molecule has 0 aliphatic carbocycles. The third-order valence-corrected chi connectivity index (χ3v) is 14.3. The standard InChI is InChI=1S/C68H122O6/c1-4-7-10-13-16-19-22-25-28-30-32-33-34-36-37-40-43-46-49-52-55-58-61-67(70)73-64-65(63-72-66(69)60-57-54-51-48-45-42-39-27-24-21-18-15-12-9-6-3)74-68(71)62-59-56-53-50-47-44-41-38-35-31-29-26-23-20-17-14-11-8-5-2/h9,12,17-18,20-21,26-27,29,39,65H,4-8,10-11,13-16,19,22-25,28,30-38,40-64H2,1-3H3/b12-9-,20-17-,21-18-,29-26-,39-27-. The maximum Gasteiger partial charge on any atom is 0.306 e. The average molecular weight is 1040 g/mol. The average Bonchev–Trinajstić information content (AvgIpc) is 3.40. The van der Waals surface area contributed by atoms with Gasteiger partial charge in [0.05, 0.1) is 0 Å². The van der Waals surface area contributed by atoms with Gasteiger partial charge in [-0.15, -0.1) is 0 Å². The van der Waals surface area contributed by atoms with E-state index in [1.54, 1.807) is 0 Å². The van der Waals surface area contributed by atoms with Crippen LogP contribution in [-0.4, -0.2) is 37.2 Å². The van der Waals surface area contributed by atoms with Gasteiger partial charge >= 0.3 is 17.9 Å². The van der Waals surface area contributed by atoms with Gasteiger partial charge in [0.15, 0.2) is 6.10 Å². The van der Waals surface area contributed by atoms with Gasteiger partial charge in [-0.3, -0.25) is 14.4 Å². The Morgan fingerprint density at radius 3 is 0.851 bits per heavy atom. The van der Waals surface area contributed by atoms with Crippen molar-refractivity contribution in [1.82, 2.24) is 0 Å². The minimum absolute atomic E-state index is 0.0784. The predicted octanol–water partition coefficient (Wildman–Crippen LogP) is 21.9. The number of ether oxygens (including phenoxy) is 3. The van der Waals surface area contributed by atoms with E-state index in [4.69, 9.17) is 14.2 Å². The minimum atomic E-state index is -0.783. The second-order valence-corrected chi connectivity index (χ2v) is 21.6. The summed E-state index contributed by atoms with van der Waals surface area (Å²) in [4.78, 5) is 38.3. The maximum absolute atomic E-state index is 12.9. The smallest absolute Gasteiger partial charge is 0.306 e. The van der Waals surface area contributed by atoms with Crippen molar-refractivity contribution in [2.75, 3.05) is 13.2 Å². The molecule has 6 nitrogen and oxygen atoms in total. The third kappa shape index (κ3) is 60.0. The number of carbonyl (C=O) groups is 3. The topological polar surface area (TPSA) is 78.9 Å². The van der Waals surface area contributed by atoms with Crippen LogP contribution in [-0.2, 0) is 28.6 Å². The number of allylic oxidation sites excluding steroid dienone is 10. The molecule has 0 aliphatic heterocycles. The number of hydrogen-bond acceptors (Lipinski definition) is 6. The first-order chi connectivity index (χ1) is 36.5. The summed E-state index contributed by atoms with van der Waals surface area (Å²) in [7, 11) is 0. The van der Waals surface area contributed by atoms with Gasteiger partial charge in [0.1, 0.15) is 13.2 Å². The highest BCUT2D eigenvalue weighted by Gasteiger charge is 2.19. The summed E-state index contributed by atoms with van der Waals surface area (Å²) < 4.78 is 16.9. The maximum atomic E-state index is 12.9. The second kappa shape index (κ2) is 62.6. The van der Waals surface area contributed by atoms with Gasteiger partial charge in [-0.2, -0.15) is 0 Å². The van der Waals surface area contributed by atoms with E-state index in [9.17, 15) is 14.4 Å². The fourth-order valence-corrected chi connectivity index (χ4v) is 9.43. The molecule has 1 atom stereocenters. The quantitative estimate of drug-likeness (QED) is 0.0261. The molecule has 1 unspecified atom stereocenters. The molecule has 0 saturated heterocycles. The Bertz CT molecular complexity index is 1330. The van der Waals surface area contributed by atoms with Crippen LogP contribution in [0.15, 0.2) is 60.8 Å². The van der Waals surface area contributed by atoms with E-state index >= 15 is 0 Å².